The average molecular weight is 245 g/mol. The second-order valence-corrected chi connectivity index (χ2v) is 4.29. The molecule has 0 fully saturated rings. The molecule has 2 aromatic rings. The summed E-state index contributed by atoms with van der Waals surface area (Å²) in [4.78, 5) is 0. The highest BCUT2D eigenvalue weighted by atomic mass is 19.1. The van der Waals surface area contributed by atoms with Gasteiger partial charge < -0.3 is 10.5 Å². The van der Waals surface area contributed by atoms with E-state index in [1.54, 1.807) is 12.1 Å². The Morgan fingerprint density at radius 1 is 1.17 bits per heavy atom. The van der Waals surface area contributed by atoms with Crippen molar-refractivity contribution in [3.8, 4) is 5.75 Å². The first-order chi connectivity index (χ1) is 8.65. The lowest BCUT2D eigenvalue weighted by atomic mass is 10.1. The molecule has 18 heavy (non-hydrogen) atoms. The monoisotopic (exact) mass is 245 g/mol. The van der Waals surface area contributed by atoms with E-state index in [0.29, 0.717) is 12.4 Å². The quantitative estimate of drug-likeness (QED) is 0.897. The van der Waals surface area contributed by atoms with Crippen molar-refractivity contribution in [2.45, 2.75) is 13.0 Å². The van der Waals surface area contributed by atoms with E-state index >= 15 is 0 Å². The predicted octanol–water partition coefficient (Wildman–Crippen LogP) is 3.21. The zero-order valence-corrected chi connectivity index (χ0v) is 10.3. The maximum atomic E-state index is 13.0. The van der Waals surface area contributed by atoms with Gasteiger partial charge in [0, 0.05) is 6.07 Å². The van der Waals surface area contributed by atoms with Gasteiger partial charge in [0.1, 0.15) is 18.2 Å². The molecule has 0 saturated heterocycles. The molecule has 0 heterocycles. The first-order valence-electron chi connectivity index (χ1n) is 5.85. The third kappa shape index (κ3) is 3.31. The zero-order valence-electron chi connectivity index (χ0n) is 10.3. The SMILES string of the molecule is Cc1cccc(C(N)COc2cccc(F)c2)c1. The lowest BCUT2D eigenvalue weighted by Crippen LogP contribution is -2.19. The van der Waals surface area contributed by atoms with Crippen LogP contribution in [0.4, 0.5) is 4.39 Å². The number of rotatable bonds is 4. The van der Waals surface area contributed by atoms with Crippen LogP contribution in [0.5, 0.6) is 5.75 Å². The third-order valence-electron chi connectivity index (χ3n) is 2.70. The number of hydrogen-bond acceptors (Lipinski definition) is 2. The Morgan fingerprint density at radius 2 is 1.94 bits per heavy atom. The van der Waals surface area contributed by atoms with Gasteiger partial charge in [-0.1, -0.05) is 35.9 Å². The fourth-order valence-electron chi connectivity index (χ4n) is 1.74. The van der Waals surface area contributed by atoms with Gasteiger partial charge in [-0.25, -0.2) is 4.39 Å². The van der Waals surface area contributed by atoms with Gasteiger partial charge in [-0.15, -0.1) is 0 Å². The molecule has 2 nitrogen and oxygen atoms in total. The minimum Gasteiger partial charge on any atom is -0.492 e. The Morgan fingerprint density at radius 3 is 2.67 bits per heavy atom. The summed E-state index contributed by atoms with van der Waals surface area (Å²) in [6, 6.07) is 13.8. The fourth-order valence-corrected chi connectivity index (χ4v) is 1.74. The molecule has 0 bridgehead atoms. The molecule has 3 heteroatoms. The predicted molar refractivity (Wildman–Crippen MR) is 70.0 cm³/mol. The van der Waals surface area contributed by atoms with E-state index in [9.17, 15) is 4.39 Å². The molecule has 2 aromatic carbocycles. The minimum atomic E-state index is -0.309. The Hall–Kier alpha value is -1.87. The Bertz CT molecular complexity index is 527. The van der Waals surface area contributed by atoms with Crippen LogP contribution in [0.1, 0.15) is 17.2 Å². The molecule has 0 radical (unpaired) electrons. The lowest BCUT2D eigenvalue weighted by molar-refractivity contribution is 0.289. The summed E-state index contributed by atoms with van der Waals surface area (Å²) >= 11 is 0. The van der Waals surface area contributed by atoms with Crippen molar-refractivity contribution in [1.82, 2.24) is 0 Å². The van der Waals surface area contributed by atoms with Gasteiger partial charge in [-0.05, 0) is 24.6 Å². The summed E-state index contributed by atoms with van der Waals surface area (Å²) in [6.07, 6.45) is 0. The zero-order chi connectivity index (χ0) is 13.0. The van der Waals surface area contributed by atoms with Crippen molar-refractivity contribution >= 4 is 0 Å². The smallest absolute Gasteiger partial charge is 0.126 e. The van der Waals surface area contributed by atoms with E-state index in [0.717, 1.165) is 11.1 Å². The number of nitrogens with two attached hydrogens (primary N) is 1. The molecule has 2 N–H and O–H groups in total. The van der Waals surface area contributed by atoms with Crippen molar-refractivity contribution in [1.29, 1.82) is 0 Å². The second-order valence-electron chi connectivity index (χ2n) is 4.29. The van der Waals surface area contributed by atoms with Crippen molar-refractivity contribution in [2.75, 3.05) is 6.61 Å². The first kappa shape index (κ1) is 12.6. The molecule has 0 amide bonds. The van der Waals surface area contributed by atoms with Crippen LogP contribution in [-0.4, -0.2) is 6.61 Å². The maximum Gasteiger partial charge on any atom is 0.126 e. The van der Waals surface area contributed by atoms with Crippen LogP contribution in [0, 0.1) is 12.7 Å². The molecule has 0 aliphatic heterocycles. The number of ether oxygens (including phenoxy) is 1. The molecule has 94 valence electrons. The van der Waals surface area contributed by atoms with Gasteiger partial charge >= 0.3 is 0 Å². The van der Waals surface area contributed by atoms with Crippen LogP contribution in [0.25, 0.3) is 0 Å². The summed E-state index contributed by atoms with van der Waals surface area (Å²) in [6.45, 7) is 2.34. The number of benzene rings is 2. The standard InChI is InChI=1S/C15H16FNO/c1-11-4-2-5-12(8-11)15(17)10-18-14-7-3-6-13(16)9-14/h2-9,15H,10,17H2,1H3. The molecule has 0 aliphatic rings. The minimum absolute atomic E-state index is 0.215. The third-order valence-corrected chi connectivity index (χ3v) is 2.70. The molecule has 2 rings (SSSR count). The van der Waals surface area contributed by atoms with E-state index in [1.165, 1.54) is 12.1 Å². The van der Waals surface area contributed by atoms with E-state index in [4.69, 9.17) is 10.5 Å². The topological polar surface area (TPSA) is 35.2 Å². The van der Waals surface area contributed by atoms with Gasteiger partial charge in [-0.3, -0.25) is 0 Å². The normalized spacial score (nSPS) is 12.2. The number of hydrogen-bond donors (Lipinski definition) is 1. The lowest BCUT2D eigenvalue weighted by Gasteiger charge is -2.14. The van der Waals surface area contributed by atoms with Crippen molar-refractivity contribution in [2.24, 2.45) is 5.73 Å². The molecular weight excluding hydrogens is 229 g/mol. The van der Waals surface area contributed by atoms with Gasteiger partial charge in [0.05, 0.1) is 6.04 Å². The summed E-state index contributed by atoms with van der Waals surface area (Å²) < 4.78 is 18.4. The first-order valence-corrected chi connectivity index (χ1v) is 5.85. The van der Waals surface area contributed by atoms with Gasteiger partial charge in [-0.2, -0.15) is 0 Å². The molecular formula is C15H16FNO. The van der Waals surface area contributed by atoms with Crippen LogP contribution in [0.15, 0.2) is 48.5 Å². The molecule has 0 saturated carbocycles. The van der Waals surface area contributed by atoms with Crippen LogP contribution in [0.3, 0.4) is 0 Å². The largest absolute Gasteiger partial charge is 0.492 e. The van der Waals surface area contributed by atoms with E-state index < -0.39 is 0 Å². The summed E-state index contributed by atoms with van der Waals surface area (Å²) in [5.74, 6) is 0.190. The molecule has 0 spiro atoms. The fraction of sp³-hybridized carbons (Fsp3) is 0.200. The van der Waals surface area contributed by atoms with Gasteiger partial charge in [0.15, 0.2) is 0 Å². The van der Waals surface area contributed by atoms with E-state index in [2.05, 4.69) is 0 Å². The Kier molecular flexibility index (Phi) is 3.95. The van der Waals surface area contributed by atoms with Crippen LogP contribution < -0.4 is 10.5 Å². The van der Waals surface area contributed by atoms with Crippen molar-refractivity contribution in [3.63, 3.8) is 0 Å². The Labute approximate surface area is 106 Å². The molecule has 1 unspecified atom stereocenters. The highest BCUT2D eigenvalue weighted by molar-refractivity contribution is 5.26. The van der Waals surface area contributed by atoms with Crippen LogP contribution >= 0.6 is 0 Å². The number of aryl methyl sites for hydroxylation is 1. The highest BCUT2D eigenvalue weighted by Gasteiger charge is 2.07. The van der Waals surface area contributed by atoms with Crippen molar-refractivity contribution in [3.05, 3.63) is 65.5 Å². The van der Waals surface area contributed by atoms with Crippen molar-refractivity contribution < 1.29 is 9.13 Å². The molecule has 1 atom stereocenters. The summed E-state index contributed by atoms with van der Waals surface area (Å²) in [5, 5.41) is 0. The molecule has 0 aliphatic carbocycles. The maximum absolute atomic E-state index is 13.0. The van der Waals surface area contributed by atoms with Crippen LogP contribution in [-0.2, 0) is 0 Å². The Balaban J connectivity index is 1.98. The molecule has 0 aromatic heterocycles. The van der Waals surface area contributed by atoms with Gasteiger partial charge in [0.2, 0.25) is 0 Å². The van der Waals surface area contributed by atoms with Crippen LogP contribution in [0.2, 0.25) is 0 Å². The highest BCUT2D eigenvalue weighted by Crippen LogP contribution is 2.16. The summed E-state index contributed by atoms with van der Waals surface area (Å²) in [5.41, 5.74) is 8.21. The second kappa shape index (κ2) is 5.65. The number of halogens is 1. The average Bonchev–Trinajstić information content (AvgIpc) is 2.36. The van der Waals surface area contributed by atoms with Gasteiger partial charge in [0.25, 0.3) is 0 Å². The van der Waals surface area contributed by atoms with E-state index in [1.807, 2.05) is 31.2 Å². The van der Waals surface area contributed by atoms with E-state index in [-0.39, 0.29) is 11.9 Å². The summed E-state index contributed by atoms with van der Waals surface area (Å²) in [7, 11) is 0.